The van der Waals surface area contributed by atoms with Crippen LogP contribution in [-0.4, -0.2) is 52.1 Å². The number of carbonyl (C=O) groups excluding carboxylic acids is 2. The topological polar surface area (TPSA) is 94.8 Å². The lowest BCUT2D eigenvalue weighted by atomic mass is 10.3. The van der Waals surface area contributed by atoms with Crippen LogP contribution in [0.1, 0.15) is 17.4 Å². The number of halogens is 4. The van der Waals surface area contributed by atoms with Gasteiger partial charge in [-0.05, 0) is 17.9 Å². The third kappa shape index (κ3) is 4.62. The van der Waals surface area contributed by atoms with Crippen LogP contribution >= 0.6 is 23.4 Å². The zero-order valence-corrected chi connectivity index (χ0v) is 15.6. The molecule has 0 saturated carbocycles. The number of aromatic hydroxyl groups is 1. The molecule has 1 N–H and O–H groups in total. The van der Waals surface area contributed by atoms with Gasteiger partial charge in [-0.15, -0.1) is 0 Å². The van der Waals surface area contributed by atoms with Crippen molar-refractivity contribution < 1.29 is 41.7 Å². The number of thioether (sulfide) groups is 1. The molecule has 2 rings (SSSR count). The van der Waals surface area contributed by atoms with E-state index in [0.717, 1.165) is 20.7 Å². The second-order valence-corrected chi connectivity index (χ2v) is 6.22. The maximum absolute atomic E-state index is 13.0. The molecule has 0 aliphatic heterocycles. The van der Waals surface area contributed by atoms with Crippen molar-refractivity contribution in [3.63, 3.8) is 0 Å². The Balaban J connectivity index is 2.52. The number of hydrogen-bond acceptors (Lipinski definition) is 7. The number of ketones is 1. The van der Waals surface area contributed by atoms with Gasteiger partial charge in [0.25, 0.3) is 0 Å². The fourth-order valence-electron chi connectivity index (χ4n) is 2.21. The average Bonchev–Trinajstić information content (AvgIpc) is 2.84. The number of aromatic nitrogens is 3. The highest BCUT2D eigenvalue weighted by molar-refractivity contribution is 7.98. The highest BCUT2D eigenvalue weighted by atomic mass is 35.5. The Kier molecular flexibility index (Phi) is 6.54. The Morgan fingerprint density at radius 2 is 2.07 bits per heavy atom. The molecule has 0 aromatic carbocycles. The summed E-state index contributed by atoms with van der Waals surface area (Å²) in [6.07, 6.45) is -3.65. The van der Waals surface area contributed by atoms with Crippen molar-refractivity contribution in [2.24, 2.45) is 0 Å². The standard InChI is InChI=1S/C14H13ClF3N3O5S/c1-7(22)26-4-3-25-6-20-9-5-8(15)19-13(27-2)21(9)12(24)10(20)11(23)14(16,17)18/h5H,3-4,6H2,1-2H3/p+1. The molecule has 148 valence electrons. The first-order valence-corrected chi connectivity index (χ1v) is 8.88. The van der Waals surface area contributed by atoms with Gasteiger partial charge in [-0.3, -0.25) is 9.59 Å². The van der Waals surface area contributed by atoms with E-state index in [4.69, 9.17) is 16.3 Å². The molecule has 2 heterocycles. The maximum atomic E-state index is 13.0. The van der Waals surface area contributed by atoms with Gasteiger partial charge in [0.1, 0.15) is 6.61 Å². The lowest BCUT2D eigenvalue weighted by Gasteiger charge is -2.07. The van der Waals surface area contributed by atoms with Crippen LogP contribution in [0.2, 0.25) is 5.15 Å². The van der Waals surface area contributed by atoms with Gasteiger partial charge in [-0.25, -0.2) is 4.57 Å². The quantitative estimate of drug-likeness (QED) is 0.137. The molecule has 0 spiro atoms. The molecule has 0 fully saturated rings. The van der Waals surface area contributed by atoms with Gasteiger partial charge in [0, 0.05) is 6.92 Å². The molecule has 13 heteroatoms. The molecule has 0 saturated heterocycles. The molecule has 0 aliphatic carbocycles. The van der Waals surface area contributed by atoms with Gasteiger partial charge in [0.05, 0.1) is 12.7 Å². The highest BCUT2D eigenvalue weighted by Crippen LogP contribution is 2.29. The molecule has 0 radical (unpaired) electrons. The fraction of sp³-hybridized carbons (Fsp3) is 0.429. The number of esters is 1. The number of alkyl halides is 3. The largest absolute Gasteiger partial charge is 0.480 e. The molecule has 8 nitrogen and oxygen atoms in total. The minimum absolute atomic E-state index is 0.0306. The van der Waals surface area contributed by atoms with Crippen molar-refractivity contribution in [2.75, 3.05) is 19.5 Å². The van der Waals surface area contributed by atoms with Gasteiger partial charge in [0.15, 0.2) is 6.73 Å². The molecular weight excluding hydrogens is 415 g/mol. The van der Waals surface area contributed by atoms with E-state index < -0.39 is 36.2 Å². The van der Waals surface area contributed by atoms with E-state index in [-0.39, 0.29) is 29.2 Å². The monoisotopic (exact) mass is 428 g/mol. The lowest BCUT2D eigenvalue weighted by Crippen LogP contribution is -2.26. The first kappa shape index (κ1) is 21.3. The third-order valence-corrected chi connectivity index (χ3v) is 4.08. The summed E-state index contributed by atoms with van der Waals surface area (Å²) in [5, 5.41) is 10.3. The normalized spacial score (nSPS) is 11.8. The smallest absolute Gasteiger partial charge is 0.458 e. The summed E-state index contributed by atoms with van der Waals surface area (Å²) in [7, 11) is 0. The van der Waals surface area contributed by atoms with Crippen molar-refractivity contribution in [2.45, 2.75) is 25.0 Å². The average molecular weight is 429 g/mol. The van der Waals surface area contributed by atoms with Crippen molar-refractivity contribution >= 4 is 40.8 Å². The zero-order valence-electron chi connectivity index (χ0n) is 14.0. The third-order valence-electron chi connectivity index (χ3n) is 3.25. The first-order chi connectivity index (χ1) is 12.6. The summed E-state index contributed by atoms with van der Waals surface area (Å²) in [5.41, 5.74) is -1.05. The van der Waals surface area contributed by atoms with Crippen molar-refractivity contribution in [1.29, 1.82) is 0 Å². The number of ether oxygens (including phenoxy) is 2. The van der Waals surface area contributed by atoms with E-state index in [1.165, 1.54) is 13.0 Å². The van der Waals surface area contributed by atoms with Crippen molar-refractivity contribution in [3.05, 3.63) is 16.9 Å². The van der Waals surface area contributed by atoms with Crippen LogP contribution < -0.4 is 4.40 Å². The van der Waals surface area contributed by atoms with Crippen LogP contribution in [-0.2, 0) is 21.0 Å². The van der Waals surface area contributed by atoms with Gasteiger partial charge in [0.2, 0.25) is 16.5 Å². The molecule has 0 atom stereocenters. The van der Waals surface area contributed by atoms with Gasteiger partial charge < -0.3 is 14.6 Å². The predicted molar refractivity (Wildman–Crippen MR) is 86.8 cm³/mol. The molecule has 0 unspecified atom stereocenters. The fourth-order valence-corrected chi connectivity index (χ4v) is 2.99. The molecule has 0 aliphatic rings. The summed E-state index contributed by atoms with van der Waals surface area (Å²) in [6, 6.07) is 1.18. The number of carbonyl (C=O) groups is 2. The summed E-state index contributed by atoms with van der Waals surface area (Å²) in [5.74, 6) is -3.74. The number of rotatable bonds is 7. The van der Waals surface area contributed by atoms with E-state index in [0.29, 0.717) is 0 Å². The minimum atomic E-state index is -5.22. The van der Waals surface area contributed by atoms with E-state index >= 15 is 0 Å². The second-order valence-electron chi connectivity index (χ2n) is 5.06. The zero-order chi connectivity index (χ0) is 20.4. The number of Topliss-reactive ketones (excluding diaryl/α,β-unsaturated/α-hetero) is 1. The second kappa shape index (κ2) is 8.31. The Morgan fingerprint density at radius 3 is 2.63 bits per heavy atom. The number of nitrogens with zero attached hydrogens (tertiary/aromatic N) is 3. The predicted octanol–water partition coefficient (Wildman–Crippen LogP) is 1.98. The van der Waals surface area contributed by atoms with Crippen LogP contribution in [0.4, 0.5) is 13.2 Å². The Morgan fingerprint density at radius 1 is 1.41 bits per heavy atom. The maximum Gasteiger partial charge on any atom is 0.458 e. The van der Waals surface area contributed by atoms with Crippen LogP contribution in [0.5, 0.6) is 5.88 Å². The lowest BCUT2D eigenvalue weighted by molar-refractivity contribution is -0.568. The van der Waals surface area contributed by atoms with Crippen LogP contribution in [0.3, 0.4) is 0 Å². The van der Waals surface area contributed by atoms with Crippen molar-refractivity contribution in [3.8, 4) is 5.88 Å². The summed E-state index contributed by atoms with van der Waals surface area (Å²) < 4.78 is 50.6. The summed E-state index contributed by atoms with van der Waals surface area (Å²) in [6.45, 7) is 0.386. The highest BCUT2D eigenvalue weighted by Gasteiger charge is 2.47. The molecule has 0 bridgehead atoms. The number of hydrogen-bond donors (Lipinski definition) is 1. The minimum Gasteiger partial charge on any atom is -0.480 e. The molecule has 0 amide bonds. The molecular formula is C14H14ClF3N3O5S+. The molecule has 2 aromatic rings. The molecule has 27 heavy (non-hydrogen) atoms. The number of fused-ring (bicyclic) bond motifs is 1. The SMILES string of the molecule is CSc1nc(Cl)cc2n(COCCOC(C)=O)c(C(=O)C(F)(F)F)c(O)[n+]12. The Hall–Kier alpha value is -2.05. The van der Waals surface area contributed by atoms with Crippen molar-refractivity contribution in [1.82, 2.24) is 9.55 Å². The van der Waals surface area contributed by atoms with E-state index in [1.807, 2.05) is 0 Å². The molecule has 2 aromatic heterocycles. The van der Waals surface area contributed by atoms with Crippen LogP contribution in [0.15, 0.2) is 11.2 Å². The summed E-state index contributed by atoms with van der Waals surface area (Å²) >= 11 is 6.89. The van der Waals surface area contributed by atoms with Crippen LogP contribution in [0, 0.1) is 0 Å². The van der Waals surface area contributed by atoms with Gasteiger partial charge in [-0.2, -0.15) is 17.6 Å². The first-order valence-electron chi connectivity index (χ1n) is 7.28. The van der Waals surface area contributed by atoms with Crippen LogP contribution in [0.25, 0.3) is 5.65 Å². The van der Waals surface area contributed by atoms with Gasteiger partial charge in [-0.1, -0.05) is 16.7 Å². The van der Waals surface area contributed by atoms with E-state index in [9.17, 15) is 27.9 Å². The number of imidazole rings is 1. The summed E-state index contributed by atoms with van der Waals surface area (Å²) in [4.78, 5) is 26.5. The Bertz CT molecular complexity index is 887. The van der Waals surface area contributed by atoms with E-state index in [2.05, 4.69) is 9.72 Å². The van der Waals surface area contributed by atoms with E-state index in [1.54, 1.807) is 6.26 Å². The van der Waals surface area contributed by atoms with Gasteiger partial charge >= 0.3 is 29.0 Å². The Labute approximate surface area is 159 Å².